The first-order valence-electron chi connectivity index (χ1n) is 8.54. The van der Waals surface area contributed by atoms with Gasteiger partial charge in [-0.3, -0.25) is 9.59 Å². The molecule has 26 heavy (non-hydrogen) atoms. The van der Waals surface area contributed by atoms with E-state index in [9.17, 15) is 9.59 Å². The smallest absolute Gasteiger partial charge is 0.255 e. The molecule has 0 aromatic heterocycles. The first kappa shape index (κ1) is 17.7. The number of hydrogen-bond donors (Lipinski definition) is 2. The van der Waals surface area contributed by atoms with E-state index >= 15 is 0 Å². The molecule has 3 aromatic rings. The number of carbonyl (C=O) groups is 2. The summed E-state index contributed by atoms with van der Waals surface area (Å²) in [5.41, 5.74) is 1.40. The Hall–Kier alpha value is -3.14. The van der Waals surface area contributed by atoms with Crippen molar-refractivity contribution in [2.45, 2.75) is 20.8 Å². The lowest BCUT2D eigenvalue weighted by atomic mass is 9.95. The van der Waals surface area contributed by atoms with Crippen LogP contribution in [0.3, 0.4) is 0 Å². The molecule has 0 saturated heterocycles. The van der Waals surface area contributed by atoms with E-state index in [0.29, 0.717) is 16.9 Å². The second kappa shape index (κ2) is 7.00. The molecular formula is C22H22N2O2. The van der Waals surface area contributed by atoms with Crippen LogP contribution in [-0.4, -0.2) is 11.8 Å². The van der Waals surface area contributed by atoms with Crippen LogP contribution >= 0.6 is 0 Å². The van der Waals surface area contributed by atoms with Gasteiger partial charge in [0.05, 0.1) is 0 Å². The quantitative estimate of drug-likeness (QED) is 0.695. The number of anilines is 2. The minimum atomic E-state index is -0.482. The van der Waals surface area contributed by atoms with Crippen LogP contribution < -0.4 is 10.6 Å². The van der Waals surface area contributed by atoms with E-state index in [1.165, 1.54) is 0 Å². The van der Waals surface area contributed by atoms with Gasteiger partial charge < -0.3 is 10.6 Å². The average Bonchev–Trinajstić information content (AvgIpc) is 2.60. The summed E-state index contributed by atoms with van der Waals surface area (Å²) in [4.78, 5) is 24.7. The summed E-state index contributed by atoms with van der Waals surface area (Å²) >= 11 is 0. The number of nitrogens with one attached hydrogen (secondary N) is 2. The second-order valence-corrected chi connectivity index (χ2v) is 7.30. The average molecular weight is 346 g/mol. The van der Waals surface area contributed by atoms with Crippen molar-refractivity contribution in [1.82, 2.24) is 0 Å². The van der Waals surface area contributed by atoms with Gasteiger partial charge in [0.15, 0.2) is 0 Å². The minimum absolute atomic E-state index is 0.0736. The summed E-state index contributed by atoms with van der Waals surface area (Å²) in [5, 5.41) is 7.87. The number of hydrogen-bond acceptors (Lipinski definition) is 2. The van der Waals surface area contributed by atoms with Crippen LogP contribution in [0.4, 0.5) is 11.4 Å². The molecule has 4 heteroatoms. The molecule has 2 amide bonds. The zero-order chi connectivity index (χ0) is 18.7. The maximum Gasteiger partial charge on any atom is 0.255 e. The molecule has 0 unspecified atom stereocenters. The molecule has 0 aliphatic heterocycles. The van der Waals surface area contributed by atoms with E-state index in [1.54, 1.807) is 24.3 Å². The fourth-order valence-corrected chi connectivity index (χ4v) is 2.53. The SMILES string of the molecule is CC(C)(C)C(=O)Nc1cccc(NC(=O)c2ccc3ccccc3c2)c1. The minimum Gasteiger partial charge on any atom is -0.326 e. The van der Waals surface area contributed by atoms with Crippen molar-refractivity contribution >= 4 is 34.0 Å². The van der Waals surface area contributed by atoms with E-state index in [1.807, 2.05) is 63.2 Å². The molecule has 0 aliphatic rings. The van der Waals surface area contributed by atoms with Gasteiger partial charge in [0.2, 0.25) is 5.91 Å². The Morgan fingerprint density at radius 1 is 0.731 bits per heavy atom. The van der Waals surface area contributed by atoms with Gasteiger partial charge in [-0.1, -0.05) is 57.2 Å². The van der Waals surface area contributed by atoms with Gasteiger partial charge in [-0.15, -0.1) is 0 Å². The van der Waals surface area contributed by atoms with Crippen molar-refractivity contribution in [1.29, 1.82) is 0 Å². The number of amides is 2. The van der Waals surface area contributed by atoms with Gasteiger partial charge >= 0.3 is 0 Å². The fraction of sp³-hybridized carbons (Fsp3) is 0.182. The standard InChI is InChI=1S/C22H22N2O2/c1-22(2,3)21(26)24-19-10-6-9-18(14-19)23-20(25)17-12-11-15-7-4-5-8-16(15)13-17/h4-14H,1-3H3,(H,23,25)(H,24,26). The fourth-order valence-electron chi connectivity index (χ4n) is 2.53. The van der Waals surface area contributed by atoms with Gasteiger partial charge in [-0.25, -0.2) is 0 Å². The molecule has 0 aliphatic carbocycles. The zero-order valence-corrected chi connectivity index (χ0v) is 15.2. The van der Waals surface area contributed by atoms with E-state index in [4.69, 9.17) is 0 Å². The third-order valence-electron chi connectivity index (χ3n) is 4.07. The van der Waals surface area contributed by atoms with Crippen LogP contribution in [0.25, 0.3) is 10.8 Å². The van der Waals surface area contributed by atoms with E-state index < -0.39 is 5.41 Å². The monoisotopic (exact) mass is 346 g/mol. The van der Waals surface area contributed by atoms with Crippen molar-refractivity contribution in [3.8, 4) is 0 Å². The Labute approximate surface area is 153 Å². The van der Waals surface area contributed by atoms with Crippen LogP contribution in [0.2, 0.25) is 0 Å². The highest BCUT2D eigenvalue weighted by Crippen LogP contribution is 2.21. The van der Waals surface area contributed by atoms with Gasteiger partial charge in [0.25, 0.3) is 5.91 Å². The van der Waals surface area contributed by atoms with Crippen molar-refractivity contribution in [3.63, 3.8) is 0 Å². The van der Waals surface area contributed by atoms with Gasteiger partial charge in [-0.05, 0) is 41.1 Å². The van der Waals surface area contributed by atoms with Crippen LogP contribution in [0, 0.1) is 5.41 Å². The van der Waals surface area contributed by atoms with Crippen molar-refractivity contribution < 1.29 is 9.59 Å². The largest absolute Gasteiger partial charge is 0.326 e. The summed E-state index contributed by atoms with van der Waals surface area (Å²) in [6.45, 7) is 5.56. The normalized spacial score (nSPS) is 11.2. The van der Waals surface area contributed by atoms with E-state index in [0.717, 1.165) is 10.8 Å². The number of fused-ring (bicyclic) bond motifs is 1. The highest BCUT2D eigenvalue weighted by molar-refractivity contribution is 6.06. The first-order valence-corrected chi connectivity index (χ1v) is 8.54. The Kier molecular flexibility index (Phi) is 4.76. The van der Waals surface area contributed by atoms with Crippen molar-refractivity contribution in [2.24, 2.45) is 5.41 Å². The molecule has 0 spiro atoms. The molecule has 0 fully saturated rings. The van der Waals surface area contributed by atoms with Crippen LogP contribution in [0.1, 0.15) is 31.1 Å². The molecule has 0 saturated carbocycles. The summed E-state index contributed by atoms with van der Waals surface area (Å²) in [7, 11) is 0. The lowest BCUT2D eigenvalue weighted by molar-refractivity contribution is -0.123. The van der Waals surface area contributed by atoms with Crippen LogP contribution in [0.5, 0.6) is 0 Å². The topological polar surface area (TPSA) is 58.2 Å². The van der Waals surface area contributed by atoms with Crippen LogP contribution in [0.15, 0.2) is 66.7 Å². The lowest BCUT2D eigenvalue weighted by Crippen LogP contribution is -2.27. The van der Waals surface area contributed by atoms with Gasteiger partial charge in [-0.2, -0.15) is 0 Å². The third kappa shape index (κ3) is 4.09. The highest BCUT2D eigenvalue weighted by Gasteiger charge is 2.21. The Morgan fingerprint density at radius 3 is 2.08 bits per heavy atom. The maximum atomic E-state index is 12.6. The lowest BCUT2D eigenvalue weighted by Gasteiger charge is -2.18. The molecular weight excluding hydrogens is 324 g/mol. The van der Waals surface area contributed by atoms with Gasteiger partial charge in [0.1, 0.15) is 0 Å². The molecule has 0 radical (unpaired) electrons. The molecule has 0 bridgehead atoms. The highest BCUT2D eigenvalue weighted by atomic mass is 16.2. The predicted octanol–water partition coefficient (Wildman–Crippen LogP) is 5.08. The second-order valence-electron chi connectivity index (χ2n) is 7.30. The molecule has 2 N–H and O–H groups in total. The number of rotatable bonds is 3. The maximum absolute atomic E-state index is 12.6. The molecule has 4 nitrogen and oxygen atoms in total. The van der Waals surface area contributed by atoms with E-state index in [2.05, 4.69) is 10.6 Å². The Bertz CT molecular complexity index is 971. The first-order chi connectivity index (χ1) is 12.3. The summed E-state index contributed by atoms with van der Waals surface area (Å²) in [6, 6.07) is 20.7. The van der Waals surface area contributed by atoms with Crippen molar-refractivity contribution in [3.05, 3.63) is 72.3 Å². The summed E-state index contributed by atoms with van der Waals surface area (Å²) in [6.07, 6.45) is 0. The number of carbonyl (C=O) groups excluding carboxylic acids is 2. The van der Waals surface area contributed by atoms with Crippen molar-refractivity contribution in [2.75, 3.05) is 10.6 Å². The Morgan fingerprint density at radius 2 is 1.38 bits per heavy atom. The Balaban J connectivity index is 1.76. The summed E-state index contributed by atoms with van der Waals surface area (Å²) < 4.78 is 0. The van der Waals surface area contributed by atoms with Crippen LogP contribution in [-0.2, 0) is 4.79 Å². The molecule has 0 heterocycles. The molecule has 3 aromatic carbocycles. The summed E-state index contributed by atoms with van der Waals surface area (Å²) in [5.74, 6) is -0.259. The third-order valence-corrected chi connectivity index (χ3v) is 4.07. The van der Waals surface area contributed by atoms with Gasteiger partial charge in [0, 0.05) is 22.4 Å². The predicted molar refractivity (Wildman–Crippen MR) is 106 cm³/mol. The molecule has 3 rings (SSSR count). The van der Waals surface area contributed by atoms with E-state index in [-0.39, 0.29) is 11.8 Å². The molecule has 132 valence electrons. The zero-order valence-electron chi connectivity index (χ0n) is 15.2. The molecule has 0 atom stereocenters. The number of benzene rings is 3.